The third kappa shape index (κ3) is 3.36. The Morgan fingerprint density at radius 2 is 2.08 bits per heavy atom. The molecule has 1 aromatic carbocycles. The van der Waals surface area contributed by atoms with E-state index in [4.69, 9.17) is 4.42 Å². The zero-order chi connectivity index (χ0) is 17.2. The van der Waals surface area contributed by atoms with Gasteiger partial charge in [0.15, 0.2) is 0 Å². The first-order valence-electron chi connectivity index (χ1n) is 7.54. The smallest absolute Gasteiger partial charge is 0.323 e. The van der Waals surface area contributed by atoms with E-state index in [1.165, 1.54) is 0 Å². The highest BCUT2D eigenvalue weighted by molar-refractivity contribution is 7.08. The van der Waals surface area contributed by atoms with Crippen molar-refractivity contribution in [2.24, 2.45) is 0 Å². The van der Waals surface area contributed by atoms with Crippen molar-refractivity contribution in [2.75, 3.05) is 5.32 Å². The van der Waals surface area contributed by atoms with E-state index in [-0.39, 0.29) is 18.0 Å². The number of rotatable bonds is 5. The molecular weight excluding hydrogens is 342 g/mol. The molecule has 3 aromatic heterocycles. The number of carbonyl (C=O) groups excluding carboxylic acids is 1. The van der Waals surface area contributed by atoms with E-state index in [9.17, 15) is 9.59 Å². The highest BCUT2D eigenvalue weighted by Crippen LogP contribution is 2.21. The number of H-pyrrole nitrogens is 2. The maximum Gasteiger partial charge on any atom is 0.323 e. The number of anilines is 1. The van der Waals surface area contributed by atoms with E-state index >= 15 is 0 Å². The van der Waals surface area contributed by atoms with Gasteiger partial charge in [0.05, 0.1) is 11.0 Å². The van der Waals surface area contributed by atoms with Crippen LogP contribution in [-0.2, 0) is 11.2 Å². The number of amides is 1. The lowest BCUT2D eigenvalue weighted by Gasteiger charge is -2.04. The number of nitrogens with one attached hydrogen (secondary N) is 3. The Morgan fingerprint density at radius 3 is 2.92 bits per heavy atom. The van der Waals surface area contributed by atoms with Gasteiger partial charge in [0, 0.05) is 29.5 Å². The van der Waals surface area contributed by atoms with Crippen molar-refractivity contribution in [3.05, 3.63) is 51.4 Å². The molecule has 3 N–H and O–H groups in total. The number of fused-ring (bicyclic) bond motifs is 1. The van der Waals surface area contributed by atoms with Crippen LogP contribution in [0.3, 0.4) is 0 Å². The summed E-state index contributed by atoms with van der Waals surface area (Å²) in [4.78, 5) is 28.6. The summed E-state index contributed by atoms with van der Waals surface area (Å²) >= 11 is 1.55. The molecule has 4 aromatic rings. The Morgan fingerprint density at radius 1 is 1.20 bits per heavy atom. The predicted molar refractivity (Wildman–Crippen MR) is 93.5 cm³/mol. The van der Waals surface area contributed by atoms with Crippen LogP contribution in [0.2, 0.25) is 0 Å². The second-order valence-electron chi connectivity index (χ2n) is 5.40. The Bertz CT molecular complexity index is 1080. The molecular formula is C16H13N5O3S. The van der Waals surface area contributed by atoms with Crippen LogP contribution in [0.4, 0.5) is 5.69 Å². The highest BCUT2D eigenvalue weighted by atomic mass is 32.1. The van der Waals surface area contributed by atoms with Gasteiger partial charge in [0.2, 0.25) is 17.7 Å². The van der Waals surface area contributed by atoms with Gasteiger partial charge in [0.25, 0.3) is 0 Å². The highest BCUT2D eigenvalue weighted by Gasteiger charge is 2.11. The van der Waals surface area contributed by atoms with Crippen LogP contribution in [-0.4, -0.2) is 26.1 Å². The van der Waals surface area contributed by atoms with Gasteiger partial charge in [-0.3, -0.25) is 4.79 Å². The zero-order valence-corrected chi connectivity index (χ0v) is 13.7. The number of aryl methyl sites for hydroxylation is 1. The number of aromatic nitrogens is 4. The molecule has 0 aliphatic rings. The van der Waals surface area contributed by atoms with E-state index in [1.54, 1.807) is 29.5 Å². The fourth-order valence-electron chi connectivity index (χ4n) is 2.41. The molecule has 0 saturated heterocycles. The minimum absolute atomic E-state index is 0.174. The first-order chi connectivity index (χ1) is 12.2. The molecule has 0 radical (unpaired) electrons. The third-order valence-corrected chi connectivity index (χ3v) is 4.28. The van der Waals surface area contributed by atoms with Crippen molar-refractivity contribution in [1.29, 1.82) is 0 Å². The molecule has 1 amide bonds. The van der Waals surface area contributed by atoms with Crippen LogP contribution in [0.25, 0.3) is 22.5 Å². The Hall–Kier alpha value is -3.20. The summed E-state index contributed by atoms with van der Waals surface area (Å²) in [7, 11) is 0. The van der Waals surface area contributed by atoms with Gasteiger partial charge in [0.1, 0.15) is 0 Å². The molecule has 0 saturated carbocycles. The summed E-state index contributed by atoms with van der Waals surface area (Å²) in [5.74, 6) is 0.702. The molecule has 0 bridgehead atoms. The summed E-state index contributed by atoms with van der Waals surface area (Å²) in [5.41, 5.74) is 2.53. The number of nitrogens with zero attached hydrogens (tertiary/aromatic N) is 2. The minimum atomic E-state index is -0.281. The monoisotopic (exact) mass is 355 g/mol. The third-order valence-electron chi connectivity index (χ3n) is 3.60. The van der Waals surface area contributed by atoms with Crippen LogP contribution >= 0.6 is 11.3 Å². The van der Waals surface area contributed by atoms with E-state index in [2.05, 4.69) is 25.5 Å². The normalized spacial score (nSPS) is 11.0. The van der Waals surface area contributed by atoms with Crippen LogP contribution in [0.5, 0.6) is 0 Å². The molecule has 0 fully saturated rings. The van der Waals surface area contributed by atoms with E-state index in [0.29, 0.717) is 34.9 Å². The molecule has 0 aliphatic heterocycles. The molecule has 0 spiro atoms. The van der Waals surface area contributed by atoms with Gasteiger partial charge in [-0.25, -0.2) is 4.79 Å². The second kappa shape index (κ2) is 6.36. The van der Waals surface area contributed by atoms with Gasteiger partial charge in [-0.2, -0.15) is 11.3 Å². The number of carbonyl (C=O) groups is 1. The summed E-state index contributed by atoms with van der Waals surface area (Å²) in [6.45, 7) is 0. The molecule has 126 valence electrons. The summed E-state index contributed by atoms with van der Waals surface area (Å²) in [6.07, 6.45) is 0.569. The fraction of sp³-hybridized carbons (Fsp3) is 0.125. The first-order valence-corrected chi connectivity index (χ1v) is 8.48. The summed E-state index contributed by atoms with van der Waals surface area (Å²) < 4.78 is 5.55. The van der Waals surface area contributed by atoms with Gasteiger partial charge in [-0.05, 0) is 29.6 Å². The zero-order valence-electron chi connectivity index (χ0n) is 12.9. The number of aromatic amines is 2. The maximum absolute atomic E-state index is 12.1. The molecule has 25 heavy (non-hydrogen) atoms. The van der Waals surface area contributed by atoms with Gasteiger partial charge >= 0.3 is 5.69 Å². The van der Waals surface area contributed by atoms with Gasteiger partial charge in [-0.15, -0.1) is 10.2 Å². The number of imidazole rings is 1. The van der Waals surface area contributed by atoms with Crippen molar-refractivity contribution in [1.82, 2.24) is 20.2 Å². The van der Waals surface area contributed by atoms with E-state index in [0.717, 1.165) is 5.56 Å². The Labute approximate surface area is 144 Å². The predicted octanol–water partition coefficient (Wildman–Crippen LogP) is 2.54. The lowest BCUT2D eigenvalue weighted by atomic mass is 10.2. The SMILES string of the molecule is O=C(CCc1nnc(-c2ccsc2)o1)Nc1ccc2[nH]c(=O)[nH]c2c1. The van der Waals surface area contributed by atoms with Gasteiger partial charge in [-0.1, -0.05) is 0 Å². The molecule has 9 heteroatoms. The number of hydrogen-bond donors (Lipinski definition) is 3. The molecule has 3 heterocycles. The average Bonchev–Trinajstić information content (AvgIpc) is 3.32. The fourth-order valence-corrected chi connectivity index (χ4v) is 3.04. The maximum atomic E-state index is 12.1. The summed E-state index contributed by atoms with van der Waals surface area (Å²) in [6, 6.07) is 7.06. The van der Waals surface area contributed by atoms with Crippen molar-refractivity contribution in [3.63, 3.8) is 0 Å². The van der Waals surface area contributed by atoms with Crippen LogP contribution in [0.15, 0.2) is 44.2 Å². The number of hydrogen-bond acceptors (Lipinski definition) is 6. The molecule has 0 atom stereocenters. The van der Waals surface area contributed by atoms with E-state index < -0.39 is 0 Å². The summed E-state index contributed by atoms with van der Waals surface area (Å²) in [5, 5.41) is 14.6. The minimum Gasteiger partial charge on any atom is -0.421 e. The second-order valence-corrected chi connectivity index (χ2v) is 6.18. The lowest BCUT2D eigenvalue weighted by Crippen LogP contribution is -2.12. The van der Waals surface area contributed by atoms with Crippen molar-refractivity contribution >= 4 is 34.0 Å². The molecule has 0 unspecified atom stereocenters. The lowest BCUT2D eigenvalue weighted by molar-refractivity contribution is -0.116. The average molecular weight is 355 g/mol. The largest absolute Gasteiger partial charge is 0.421 e. The quantitative estimate of drug-likeness (QED) is 0.509. The number of benzene rings is 1. The van der Waals surface area contributed by atoms with Crippen LogP contribution < -0.4 is 11.0 Å². The first kappa shape index (κ1) is 15.3. The van der Waals surface area contributed by atoms with Crippen LogP contribution in [0.1, 0.15) is 12.3 Å². The standard InChI is InChI=1S/C16H13N5O3S/c22-13(17-10-1-2-11-12(7-10)19-16(23)18-11)3-4-14-20-21-15(24-14)9-5-6-25-8-9/h1-2,5-8H,3-4H2,(H,17,22)(H2,18,19,23). The van der Waals surface area contributed by atoms with Gasteiger partial charge < -0.3 is 19.7 Å². The number of thiophene rings is 1. The van der Waals surface area contributed by atoms with Crippen molar-refractivity contribution in [3.8, 4) is 11.5 Å². The molecule has 4 rings (SSSR count). The Kier molecular flexibility index (Phi) is 3.90. The Balaban J connectivity index is 1.37. The molecule has 8 nitrogen and oxygen atoms in total. The van der Waals surface area contributed by atoms with E-state index in [1.807, 2.05) is 16.8 Å². The van der Waals surface area contributed by atoms with Crippen molar-refractivity contribution < 1.29 is 9.21 Å². The van der Waals surface area contributed by atoms with Crippen LogP contribution in [0, 0.1) is 0 Å². The molecule has 0 aliphatic carbocycles. The van der Waals surface area contributed by atoms with Crippen molar-refractivity contribution in [2.45, 2.75) is 12.8 Å². The topological polar surface area (TPSA) is 117 Å².